The molecular formula is C17H13FN2O3. The van der Waals surface area contributed by atoms with E-state index in [1.807, 2.05) is 0 Å². The van der Waals surface area contributed by atoms with E-state index in [-0.39, 0.29) is 18.2 Å². The molecule has 3 rings (SSSR count). The third-order valence-corrected chi connectivity index (χ3v) is 3.19. The molecule has 23 heavy (non-hydrogen) atoms. The third-order valence-electron chi connectivity index (χ3n) is 3.19. The Balaban J connectivity index is 1.65. The number of Topliss-reactive ketones (excluding diaryl/α,β-unsaturated/α-hetero) is 1. The molecule has 0 N–H and O–H groups in total. The van der Waals surface area contributed by atoms with Crippen molar-refractivity contribution in [1.82, 2.24) is 10.1 Å². The first kappa shape index (κ1) is 14.9. The SMILES string of the molecule is CC(=O)c1ccc(OCc2nc(-c3ccc(F)cc3)no2)cc1. The molecule has 0 unspecified atom stereocenters. The molecule has 5 nitrogen and oxygen atoms in total. The maximum absolute atomic E-state index is 12.9. The second-order valence-electron chi connectivity index (χ2n) is 4.89. The van der Waals surface area contributed by atoms with E-state index >= 15 is 0 Å². The van der Waals surface area contributed by atoms with Crippen LogP contribution in [0.4, 0.5) is 4.39 Å². The highest BCUT2D eigenvalue weighted by atomic mass is 19.1. The molecular weight excluding hydrogens is 299 g/mol. The van der Waals surface area contributed by atoms with E-state index in [1.54, 1.807) is 36.4 Å². The minimum atomic E-state index is -0.324. The van der Waals surface area contributed by atoms with Crippen molar-refractivity contribution in [3.05, 3.63) is 65.8 Å². The van der Waals surface area contributed by atoms with Crippen molar-refractivity contribution in [2.75, 3.05) is 0 Å². The van der Waals surface area contributed by atoms with Gasteiger partial charge in [0, 0.05) is 11.1 Å². The lowest BCUT2D eigenvalue weighted by Gasteiger charge is -2.03. The fraction of sp³-hybridized carbons (Fsp3) is 0.118. The van der Waals surface area contributed by atoms with E-state index in [1.165, 1.54) is 19.1 Å². The van der Waals surface area contributed by atoms with Gasteiger partial charge >= 0.3 is 0 Å². The summed E-state index contributed by atoms with van der Waals surface area (Å²) in [5, 5.41) is 3.83. The minimum absolute atomic E-state index is 0.00242. The van der Waals surface area contributed by atoms with Gasteiger partial charge in [-0.05, 0) is 55.5 Å². The van der Waals surface area contributed by atoms with Crippen LogP contribution in [0.1, 0.15) is 23.2 Å². The van der Waals surface area contributed by atoms with Crippen LogP contribution in [0.15, 0.2) is 53.1 Å². The van der Waals surface area contributed by atoms with Gasteiger partial charge in [-0.25, -0.2) is 4.39 Å². The van der Waals surface area contributed by atoms with Gasteiger partial charge in [0.05, 0.1) is 0 Å². The Bertz CT molecular complexity index is 811. The van der Waals surface area contributed by atoms with Crippen LogP contribution >= 0.6 is 0 Å². The molecule has 0 aliphatic carbocycles. The number of ether oxygens (including phenoxy) is 1. The van der Waals surface area contributed by atoms with Crippen LogP contribution < -0.4 is 4.74 Å². The summed E-state index contributed by atoms with van der Waals surface area (Å²) in [5.41, 5.74) is 1.28. The zero-order valence-electron chi connectivity index (χ0n) is 12.3. The zero-order chi connectivity index (χ0) is 16.2. The molecule has 1 heterocycles. The largest absolute Gasteiger partial charge is 0.484 e. The molecule has 0 amide bonds. The number of benzene rings is 2. The smallest absolute Gasteiger partial charge is 0.264 e. The van der Waals surface area contributed by atoms with Crippen molar-refractivity contribution in [1.29, 1.82) is 0 Å². The highest BCUT2D eigenvalue weighted by molar-refractivity contribution is 5.94. The molecule has 0 aliphatic rings. The van der Waals surface area contributed by atoms with Crippen molar-refractivity contribution < 1.29 is 18.4 Å². The first-order valence-electron chi connectivity index (χ1n) is 6.94. The van der Waals surface area contributed by atoms with E-state index in [4.69, 9.17) is 9.26 Å². The third kappa shape index (κ3) is 3.60. The van der Waals surface area contributed by atoms with Gasteiger partial charge < -0.3 is 9.26 Å². The van der Waals surface area contributed by atoms with Gasteiger partial charge in [0.15, 0.2) is 12.4 Å². The van der Waals surface area contributed by atoms with Crippen LogP contribution in [0.3, 0.4) is 0 Å². The number of carbonyl (C=O) groups is 1. The van der Waals surface area contributed by atoms with Gasteiger partial charge in [-0.15, -0.1) is 0 Å². The number of aromatic nitrogens is 2. The molecule has 0 fully saturated rings. The second-order valence-corrected chi connectivity index (χ2v) is 4.89. The fourth-order valence-corrected chi connectivity index (χ4v) is 1.96. The molecule has 0 bridgehead atoms. The summed E-state index contributed by atoms with van der Waals surface area (Å²) in [4.78, 5) is 15.4. The summed E-state index contributed by atoms with van der Waals surface area (Å²) in [5.74, 6) is 0.944. The van der Waals surface area contributed by atoms with Crippen molar-refractivity contribution in [3.8, 4) is 17.1 Å². The fourth-order valence-electron chi connectivity index (χ4n) is 1.96. The summed E-state index contributed by atoms with van der Waals surface area (Å²) in [7, 11) is 0. The van der Waals surface area contributed by atoms with Gasteiger partial charge in [0.1, 0.15) is 11.6 Å². The first-order chi connectivity index (χ1) is 11.1. The lowest BCUT2D eigenvalue weighted by Crippen LogP contribution is -1.97. The molecule has 1 aromatic heterocycles. The predicted molar refractivity (Wildman–Crippen MR) is 80.5 cm³/mol. The maximum Gasteiger partial charge on any atom is 0.264 e. The average molecular weight is 312 g/mol. The quantitative estimate of drug-likeness (QED) is 0.673. The number of halogens is 1. The van der Waals surface area contributed by atoms with Crippen LogP contribution in [0, 0.1) is 5.82 Å². The minimum Gasteiger partial charge on any atom is -0.484 e. The van der Waals surface area contributed by atoms with Crippen molar-refractivity contribution in [2.45, 2.75) is 13.5 Å². The lowest BCUT2D eigenvalue weighted by molar-refractivity contribution is 0.101. The van der Waals surface area contributed by atoms with Gasteiger partial charge in [-0.1, -0.05) is 5.16 Å². The van der Waals surface area contributed by atoms with Crippen molar-refractivity contribution in [2.24, 2.45) is 0 Å². The molecule has 0 atom stereocenters. The number of rotatable bonds is 5. The van der Waals surface area contributed by atoms with Gasteiger partial charge in [0.25, 0.3) is 5.89 Å². The molecule has 116 valence electrons. The van der Waals surface area contributed by atoms with Crippen LogP contribution in [0.25, 0.3) is 11.4 Å². The predicted octanol–water partition coefficient (Wildman–Crippen LogP) is 3.66. The number of hydrogen-bond donors (Lipinski definition) is 0. The number of carbonyl (C=O) groups excluding carboxylic acids is 1. The van der Waals surface area contributed by atoms with Crippen molar-refractivity contribution >= 4 is 5.78 Å². The molecule has 0 saturated heterocycles. The molecule has 3 aromatic rings. The van der Waals surface area contributed by atoms with Gasteiger partial charge in [-0.3, -0.25) is 4.79 Å². The molecule has 0 aliphatic heterocycles. The van der Waals surface area contributed by atoms with E-state index < -0.39 is 0 Å². The summed E-state index contributed by atoms with van der Waals surface area (Å²) in [6.07, 6.45) is 0. The summed E-state index contributed by atoms with van der Waals surface area (Å²) in [6.45, 7) is 1.61. The standard InChI is InChI=1S/C17H13FN2O3/c1-11(21)12-4-8-15(9-5-12)22-10-16-19-17(20-23-16)13-2-6-14(18)7-3-13/h2-9H,10H2,1H3. The number of nitrogens with zero attached hydrogens (tertiary/aromatic N) is 2. The average Bonchev–Trinajstić information content (AvgIpc) is 3.03. The Morgan fingerprint density at radius 2 is 1.83 bits per heavy atom. The first-order valence-corrected chi connectivity index (χ1v) is 6.94. The van der Waals surface area contributed by atoms with Crippen LogP contribution in [-0.2, 0) is 6.61 Å². The van der Waals surface area contributed by atoms with E-state index in [0.717, 1.165) is 0 Å². The van der Waals surface area contributed by atoms with Crippen molar-refractivity contribution in [3.63, 3.8) is 0 Å². The molecule has 0 spiro atoms. The normalized spacial score (nSPS) is 10.5. The Kier molecular flexibility index (Phi) is 4.14. The van der Waals surface area contributed by atoms with Crippen LogP contribution in [0.2, 0.25) is 0 Å². The Hall–Kier alpha value is -3.02. The topological polar surface area (TPSA) is 65.2 Å². The molecule has 2 aromatic carbocycles. The zero-order valence-corrected chi connectivity index (χ0v) is 12.3. The number of ketones is 1. The monoisotopic (exact) mass is 312 g/mol. The van der Waals surface area contributed by atoms with E-state index in [9.17, 15) is 9.18 Å². The van der Waals surface area contributed by atoms with E-state index in [2.05, 4.69) is 10.1 Å². The van der Waals surface area contributed by atoms with E-state index in [0.29, 0.717) is 28.6 Å². The Morgan fingerprint density at radius 1 is 1.13 bits per heavy atom. The summed E-state index contributed by atoms with van der Waals surface area (Å²) >= 11 is 0. The van der Waals surface area contributed by atoms with Gasteiger partial charge in [-0.2, -0.15) is 4.98 Å². The molecule has 0 radical (unpaired) electrons. The summed E-state index contributed by atoms with van der Waals surface area (Å²) < 4.78 is 23.5. The highest BCUT2D eigenvalue weighted by Crippen LogP contribution is 2.18. The molecule has 0 saturated carbocycles. The lowest BCUT2D eigenvalue weighted by atomic mass is 10.1. The Morgan fingerprint density at radius 3 is 2.48 bits per heavy atom. The second kappa shape index (κ2) is 6.39. The van der Waals surface area contributed by atoms with Crippen LogP contribution in [-0.4, -0.2) is 15.9 Å². The highest BCUT2D eigenvalue weighted by Gasteiger charge is 2.09. The molecule has 6 heteroatoms. The number of hydrogen-bond acceptors (Lipinski definition) is 5. The van der Waals surface area contributed by atoms with Crippen LogP contribution in [0.5, 0.6) is 5.75 Å². The van der Waals surface area contributed by atoms with Gasteiger partial charge in [0.2, 0.25) is 5.82 Å². The maximum atomic E-state index is 12.9. The Labute approximate surface area is 131 Å². The summed E-state index contributed by atoms with van der Waals surface area (Å²) in [6, 6.07) is 12.6.